The van der Waals surface area contributed by atoms with Gasteiger partial charge >= 0.3 is 0 Å². The number of carbonyl (C=O) groups excluding carboxylic acids is 1. The molecule has 0 radical (unpaired) electrons. The molecule has 0 aliphatic heterocycles. The topological polar surface area (TPSA) is 91.4 Å². The van der Waals surface area contributed by atoms with Gasteiger partial charge in [-0.3, -0.25) is 9.59 Å². The number of halogens is 2. The van der Waals surface area contributed by atoms with Crippen molar-refractivity contribution in [2.45, 2.75) is 6.54 Å². The maximum Gasteiger partial charge on any atom is 0.265 e. The minimum Gasteiger partial charge on any atom is -0.506 e. The number of hydrogen-bond acceptors (Lipinski definition) is 4. The molecule has 1 aromatic heterocycles. The predicted molar refractivity (Wildman–Crippen MR) is 106 cm³/mol. The van der Waals surface area contributed by atoms with E-state index in [-0.39, 0.29) is 17.9 Å². The van der Waals surface area contributed by atoms with E-state index in [1.807, 2.05) is 12.1 Å². The van der Waals surface area contributed by atoms with Crippen molar-refractivity contribution in [2.24, 2.45) is 0 Å². The Balaban J connectivity index is 1.97. The first-order valence-electron chi connectivity index (χ1n) is 7.56. The summed E-state index contributed by atoms with van der Waals surface area (Å²) in [5.74, 6) is -0.423. The molecule has 0 bridgehead atoms. The smallest absolute Gasteiger partial charge is 0.265 e. The standard InChI is InChI=1S/C18H14Br2N2O4/c1-26-13-5-3-2-4-9(13)8-21-17(24)14-16(23)11-6-10(19)7-12(20)15(11)22-18(14)25/h2-7H,8H2,1H3,(H,21,24)(H2,22,23,25). The summed E-state index contributed by atoms with van der Waals surface area (Å²) in [6.07, 6.45) is 0. The Bertz CT molecular complexity index is 1060. The third kappa shape index (κ3) is 3.47. The highest BCUT2D eigenvalue weighted by Gasteiger charge is 2.20. The molecule has 1 amide bonds. The maximum atomic E-state index is 12.5. The van der Waals surface area contributed by atoms with Crippen LogP contribution in [0.4, 0.5) is 0 Å². The van der Waals surface area contributed by atoms with Gasteiger partial charge in [-0.2, -0.15) is 0 Å². The molecule has 0 spiro atoms. The lowest BCUT2D eigenvalue weighted by atomic mass is 10.1. The van der Waals surface area contributed by atoms with Gasteiger partial charge in [0, 0.05) is 26.4 Å². The lowest BCUT2D eigenvalue weighted by molar-refractivity contribution is 0.0946. The summed E-state index contributed by atoms with van der Waals surface area (Å²) in [6, 6.07) is 10.6. The van der Waals surface area contributed by atoms with E-state index < -0.39 is 11.5 Å². The van der Waals surface area contributed by atoms with Crippen LogP contribution in [0.2, 0.25) is 0 Å². The number of benzene rings is 2. The van der Waals surface area contributed by atoms with Crippen molar-refractivity contribution in [1.82, 2.24) is 10.3 Å². The zero-order chi connectivity index (χ0) is 18.8. The van der Waals surface area contributed by atoms with Crippen LogP contribution in [0.5, 0.6) is 11.5 Å². The van der Waals surface area contributed by atoms with Crippen LogP contribution in [0, 0.1) is 0 Å². The molecule has 0 fully saturated rings. The van der Waals surface area contributed by atoms with Gasteiger partial charge in [-0.15, -0.1) is 0 Å². The third-order valence-corrected chi connectivity index (χ3v) is 4.95. The van der Waals surface area contributed by atoms with Gasteiger partial charge in [0.05, 0.1) is 12.6 Å². The highest BCUT2D eigenvalue weighted by atomic mass is 79.9. The predicted octanol–water partition coefficient (Wildman–Crippen LogP) is 3.70. The number of para-hydroxylation sites is 1. The molecule has 0 saturated heterocycles. The Morgan fingerprint density at radius 3 is 2.73 bits per heavy atom. The van der Waals surface area contributed by atoms with Crippen molar-refractivity contribution >= 4 is 48.7 Å². The molecule has 0 atom stereocenters. The first-order valence-corrected chi connectivity index (χ1v) is 9.15. The Kier molecular flexibility index (Phi) is 5.33. The summed E-state index contributed by atoms with van der Waals surface area (Å²) in [5.41, 5.74) is 0.162. The molecule has 1 heterocycles. The molecule has 0 aliphatic rings. The van der Waals surface area contributed by atoms with Gasteiger partial charge in [0.2, 0.25) is 0 Å². The second-order valence-corrected chi connectivity index (χ2v) is 7.25. The number of nitrogens with one attached hydrogen (secondary N) is 2. The molecule has 6 nitrogen and oxygen atoms in total. The fraction of sp³-hybridized carbons (Fsp3) is 0.111. The van der Waals surface area contributed by atoms with Crippen molar-refractivity contribution in [2.75, 3.05) is 7.11 Å². The van der Waals surface area contributed by atoms with Crippen LogP contribution >= 0.6 is 31.9 Å². The van der Waals surface area contributed by atoms with E-state index in [1.54, 1.807) is 24.3 Å². The number of amides is 1. The van der Waals surface area contributed by atoms with Crippen LogP contribution in [0.15, 0.2) is 50.1 Å². The van der Waals surface area contributed by atoms with Crippen LogP contribution in [0.1, 0.15) is 15.9 Å². The van der Waals surface area contributed by atoms with Gasteiger partial charge in [0.25, 0.3) is 11.5 Å². The highest BCUT2D eigenvalue weighted by Crippen LogP contribution is 2.32. The number of aromatic nitrogens is 1. The molecule has 3 aromatic rings. The summed E-state index contributed by atoms with van der Waals surface area (Å²) < 4.78 is 6.52. The number of carbonyl (C=O) groups is 1. The lowest BCUT2D eigenvalue weighted by Gasteiger charge is -2.11. The molecule has 26 heavy (non-hydrogen) atoms. The number of methoxy groups -OCH3 is 1. The minimum atomic E-state index is -0.673. The van der Waals surface area contributed by atoms with E-state index in [0.717, 1.165) is 5.56 Å². The van der Waals surface area contributed by atoms with Gasteiger partial charge in [0.1, 0.15) is 17.1 Å². The van der Waals surface area contributed by atoms with Crippen LogP contribution in [0.25, 0.3) is 10.9 Å². The summed E-state index contributed by atoms with van der Waals surface area (Å²) in [5, 5.41) is 13.5. The summed E-state index contributed by atoms with van der Waals surface area (Å²) in [6.45, 7) is 0.155. The zero-order valence-electron chi connectivity index (χ0n) is 13.6. The third-order valence-electron chi connectivity index (χ3n) is 3.87. The van der Waals surface area contributed by atoms with Gasteiger partial charge in [-0.25, -0.2) is 0 Å². The van der Waals surface area contributed by atoms with Crippen LogP contribution in [-0.4, -0.2) is 23.1 Å². The van der Waals surface area contributed by atoms with Gasteiger partial charge in [0.15, 0.2) is 0 Å². The van der Waals surface area contributed by atoms with E-state index in [4.69, 9.17) is 4.74 Å². The van der Waals surface area contributed by atoms with Gasteiger partial charge < -0.3 is 20.1 Å². The first kappa shape index (κ1) is 18.5. The first-order chi connectivity index (χ1) is 12.4. The van der Waals surface area contributed by atoms with Crippen LogP contribution in [0.3, 0.4) is 0 Å². The summed E-state index contributed by atoms with van der Waals surface area (Å²) in [4.78, 5) is 27.5. The number of fused-ring (bicyclic) bond motifs is 1. The number of aromatic hydroxyl groups is 1. The zero-order valence-corrected chi connectivity index (χ0v) is 16.8. The largest absolute Gasteiger partial charge is 0.506 e. The number of hydrogen-bond donors (Lipinski definition) is 3. The average Bonchev–Trinajstić information content (AvgIpc) is 2.61. The highest BCUT2D eigenvalue weighted by molar-refractivity contribution is 9.11. The van der Waals surface area contributed by atoms with Gasteiger partial charge in [-0.05, 0) is 34.1 Å². The van der Waals surface area contributed by atoms with E-state index in [0.29, 0.717) is 25.6 Å². The van der Waals surface area contributed by atoms with E-state index in [1.165, 1.54) is 7.11 Å². The molecule has 3 rings (SSSR count). The quantitative estimate of drug-likeness (QED) is 0.529. The van der Waals surface area contributed by atoms with E-state index in [2.05, 4.69) is 42.2 Å². The Labute approximate surface area is 165 Å². The average molecular weight is 482 g/mol. The van der Waals surface area contributed by atoms with Crippen molar-refractivity contribution in [1.29, 1.82) is 0 Å². The Hall–Kier alpha value is -2.32. The maximum absolute atomic E-state index is 12.5. The molecule has 8 heteroatoms. The minimum absolute atomic E-state index is 0.155. The van der Waals surface area contributed by atoms with Crippen molar-refractivity contribution in [3.05, 3.63) is 66.8 Å². The second-order valence-electron chi connectivity index (χ2n) is 5.48. The second kappa shape index (κ2) is 7.51. The molecule has 0 unspecified atom stereocenters. The normalized spacial score (nSPS) is 10.7. The van der Waals surface area contributed by atoms with Crippen LogP contribution < -0.4 is 15.6 Å². The number of aromatic amines is 1. The molecule has 3 N–H and O–H groups in total. The molecule has 0 saturated carbocycles. The van der Waals surface area contributed by atoms with Crippen molar-refractivity contribution in [3.63, 3.8) is 0 Å². The van der Waals surface area contributed by atoms with E-state index >= 15 is 0 Å². The van der Waals surface area contributed by atoms with Crippen molar-refractivity contribution in [3.8, 4) is 11.5 Å². The Morgan fingerprint density at radius 2 is 2.00 bits per heavy atom. The SMILES string of the molecule is COc1ccccc1CNC(=O)c1c(O)c2cc(Br)cc(Br)c2[nH]c1=O. The van der Waals surface area contributed by atoms with E-state index in [9.17, 15) is 14.7 Å². The van der Waals surface area contributed by atoms with Crippen molar-refractivity contribution < 1.29 is 14.6 Å². The molecule has 2 aromatic carbocycles. The summed E-state index contributed by atoms with van der Waals surface area (Å²) in [7, 11) is 1.54. The van der Waals surface area contributed by atoms with Gasteiger partial charge in [-0.1, -0.05) is 34.1 Å². The Morgan fingerprint density at radius 1 is 1.27 bits per heavy atom. The monoisotopic (exact) mass is 480 g/mol. The molecule has 0 aliphatic carbocycles. The molecular formula is C18H14Br2N2O4. The fourth-order valence-electron chi connectivity index (χ4n) is 2.63. The summed E-state index contributed by atoms with van der Waals surface area (Å²) >= 11 is 6.66. The lowest BCUT2D eigenvalue weighted by Crippen LogP contribution is -2.29. The number of H-pyrrole nitrogens is 1. The number of rotatable bonds is 4. The number of ether oxygens (including phenoxy) is 1. The van der Waals surface area contributed by atoms with Crippen LogP contribution in [-0.2, 0) is 6.54 Å². The number of pyridine rings is 1. The fourth-order valence-corrected chi connectivity index (χ4v) is 3.95. The molecule has 134 valence electrons. The molecular weight excluding hydrogens is 468 g/mol.